The molecule has 222 valence electrons. The van der Waals surface area contributed by atoms with Gasteiger partial charge in [-0.05, 0) is 117 Å². The number of hydrogen-bond donors (Lipinski definition) is 1. The highest BCUT2D eigenvalue weighted by Gasteiger charge is 2.59. The van der Waals surface area contributed by atoms with Crippen LogP contribution < -0.4 is 0 Å². The molecule has 6 nitrogen and oxygen atoms in total. The van der Waals surface area contributed by atoms with E-state index in [1.165, 1.54) is 42.7 Å². The Kier molecular flexibility index (Phi) is 8.38. The first-order valence-corrected chi connectivity index (χ1v) is 17.7. The second kappa shape index (κ2) is 11.1. The van der Waals surface area contributed by atoms with Crippen LogP contribution in [-0.4, -0.2) is 67.7 Å². The molecule has 39 heavy (non-hydrogen) atoms. The van der Waals surface area contributed by atoms with Gasteiger partial charge >= 0.3 is 0 Å². The zero-order chi connectivity index (χ0) is 28.2. The fourth-order valence-electron chi connectivity index (χ4n) is 10.2. The molecule has 1 saturated heterocycles. The van der Waals surface area contributed by atoms with Crippen molar-refractivity contribution in [2.45, 2.75) is 104 Å². The van der Waals surface area contributed by atoms with Gasteiger partial charge in [0, 0.05) is 33.1 Å². The summed E-state index contributed by atoms with van der Waals surface area (Å²) in [5, 5.41) is 10.3. The van der Waals surface area contributed by atoms with Gasteiger partial charge in [-0.3, -0.25) is 4.79 Å². The highest BCUT2D eigenvalue weighted by molar-refractivity contribution is 7.88. The summed E-state index contributed by atoms with van der Waals surface area (Å²) in [6, 6.07) is 0. The number of piperidine rings is 1. The molecule has 4 aliphatic carbocycles. The van der Waals surface area contributed by atoms with Crippen LogP contribution in [0.3, 0.4) is 0 Å². The van der Waals surface area contributed by atoms with E-state index in [4.69, 9.17) is 0 Å². The molecular weight excluding hydrogens is 508 g/mol. The van der Waals surface area contributed by atoms with Crippen LogP contribution in [0.4, 0.5) is 0 Å². The van der Waals surface area contributed by atoms with E-state index in [0.717, 1.165) is 69.4 Å². The molecule has 0 aromatic rings. The maximum Gasteiger partial charge on any atom is 0.222 e. The topological polar surface area (TPSA) is 77.9 Å². The van der Waals surface area contributed by atoms with Crippen molar-refractivity contribution in [2.24, 2.45) is 46.3 Å². The third-order valence-electron chi connectivity index (χ3n) is 12.7. The number of fused-ring (bicyclic) bond motifs is 5. The smallest absolute Gasteiger partial charge is 0.222 e. The Morgan fingerprint density at radius 2 is 1.82 bits per heavy atom. The van der Waals surface area contributed by atoms with E-state index >= 15 is 0 Å². The first-order valence-electron chi connectivity index (χ1n) is 15.9. The number of nitrogens with zero attached hydrogens (tertiary/aromatic N) is 2. The van der Waals surface area contributed by atoms with Gasteiger partial charge in [0.05, 0.1) is 12.4 Å². The second-order valence-electron chi connectivity index (χ2n) is 14.8. The second-order valence-corrected chi connectivity index (χ2v) is 16.9. The molecule has 0 radical (unpaired) electrons. The molecule has 8 atom stereocenters. The number of sulfonamides is 1. The Morgan fingerprint density at radius 3 is 2.51 bits per heavy atom. The van der Waals surface area contributed by atoms with E-state index in [0.29, 0.717) is 41.5 Å². The first-order chi connectivity index (χ1) is 18.3. The minimum atomic E-state index is -3.15. The Bertz CT molecular complexity index is 1050. The Hall–Kier alpha value is -0.920. The minimum absolute atomic E-state index is 0.137. The van der Waals surface area contributed by atoms with Crippen LogP contribution in [-0.2, 0) is 14.8 Å². The van der Waals surface area contributed by atoms with E-state index in [1.807, 2.05) is 4.90 Å². The fraction of sp³-hybridized carbons (Fsp3) is 0.906. The molecule has 0 bridgehead atoms. The molecule has 4 fully saturated rings. The molecule has 1 heterocycles. The highest BCUT2D eigenvalue weighted by Crippen LogP contribution is 2.67. The Morgan fingerprint density at radius 1 is 1.10 bits per heavy atom. The predicted octanol–water partition coefficient (Wildman–Crippen LogP) is 5.47. The summed E-state index contributed by atoms with van der Waals surface area (Å²) in [5.74, 6) is 4.26. The molecule has 3 saturated carbocycles. The summed E-state index contributed by atoms with van der Waals surface area (Å²) in [4.78, 5) is 15.2. The molecule has 0 aromatic heterocycles. The molecule has 1 N–H and O–H groups in total. The van der Waals surface area contributed by atoms with Crippen molar-refractivity contribution >= 4 is 15.9 Å². The van der Waals surface area contributed by atoms with Crippen molar-refractivity contribution < 1.29 is 18.3 Å². The van der Waals surface area contributed by atoms with E-state index in [1.54, 1.807) is 12.6 Å². The third kappa shape index (κ3) is 5.62. The van der Waals surface area contributed by atoms with Gasteiger partial charge in [0.1, 0.15) is 0 Å². The maximum atomic E-state index is 13.1. The van der Waals surface area contributed by atoms with Gasteiger partial charge in [-0.15, -0.1) is 0 Å². The van der Waals surface area contributed by atoms with Gasteiger partial charge in [0.2, 0.25) is 15.9 Å². The third-order valence-corrected chi connectivity index (χ3v) is 14.0. The number of allylic oxidation sites excluding steroid dienone is 1. The summed E-state index contributed by atoms with van der Waals surface area (Å²) in [6.45, 7) is 9.58. The van der Waals surface area contributed by atoms with Crippen molar-refractivity contribution in [2.75, 3.05) is 32.9 Å². The maximum absolute atomic E-state index is 13.1. The Labute approximate surface area is 238 Å². The number of likely N-dealkylation sites (tertiary alicyclic amines) is 1. The number of amides is 1. The van der Waals surface area contributed by atoms with Gasteiger partial charge in [-0.1, -0.05) is 32.4 Å². The summed E-state index contributed by atoms with van der Waals surface area (Å²) >= 11 is 0. The molecule has 7 heteroatoms. The van der Waals surface area contributed by atoms with Gasteiger partial charge in [-0.2, -0.15) is 0 Å². The van der Waals surface area contributed by atoms with Crippen LogP contribution in [0.25, 0.3) is 0 Å². The largest absolute Gasteiger partial charge is 0.393 e. The molecule has 0 spiro atoms. The minimum Gasteiger partial charge on any atom is -0.393 e. The SMILES string of the molecule is C[C@H](CCC(=O)N1CCC(CN(C)S(C)(=O)=O)CC1)[C@H]1CC[C@H]2[C@@H]3CC=C4C[C@@H](O)CC[C@]4(C)[C@H]3CC[C@]12C. The summed E-state index contributed by atoms with van der Waals surface area (Å²) in [5.41, 5.74) is 2.25. The van der Waals surface area contributed by atoms with Crippen LogP contribution in [0, 0.1) is 46.3 Å². The van der Waals surface area contributed by atoms with Crippen molar-refractivity contribution in [1.29, 1.82) is 0 Å². The molecule has 1 amide bonds. The highest BCUT2D eigenvalue weighted by atomic mass is 32.2. The standard InChI is InChI=1S/C32H54N2O4S/c1-22(6-11-30(36)34-18-14-23(15-19-34)21-33(4)39(5,37)38)27-9-10-28-26-8-7-24-20-25(35)12-16-31(24,2)29(26)13-17-32(27,28)3/h7,22-23,25-29,35H,6,8-21H2,1-5H3/t22-,25+,26+,27-,28+,29+,31+,32-/m1/s1. The van der Waals surface area contributed by atoms with Gasteiger partial charge in [-0.25, -0.2) is 12.7 Å². The van der Waals surface area contributed by atoms with Crippen LogP contribution in [0.2, 0.25) is 0 Å². The zero-order valence-corrected chi connectivity index (χ0v) is 26.0. The lowest BCUT2D eigenvalue weighted by molar-refractivity contribution is -0.133. The monoisotopic (exact) mass is 562 g/mol. The number of carbonyl (C=O) groups excluding carboxylic acids is 1. The quantitative estimate of drug-likeness (QED) is 0.417. The fourth-order valence-corrected chi connectivity index (χ4v) is 10.7. The summed E-state index contributed by atoms with van der Waals surface area (Å²) in [7, 11) is -1.50. The summed E-state index contributed by atoms with van der Waals surface area (Å²) < 4.78 is 24.9. The summed E-state index contributed by atoms with van der Waals surface area (Å²) in [6.07, 6.45) is 16.6. The van der Waals surface area contributed by atoms with Gasteiger partial charge in [0.25, 0.3) is 0 Å². The lowest BCUT2D eigenvalue weighted by atomic mass is 9.47. The van der Waals surface area contributed by atoms with E-state index in [9.17, 15) is 18.3 Å². The number of hydrogen-bond acceptors (Lipinski definition) is 4. The van der Waals surface area contributed by atoms with Crippen LogP contribution in [0.5, 0.6) is 0 Å². The molecular formula is C32H54N2O4S. The first kappa shape index (κ1) is 29.6. The number of aliphatic hydroxyl groups is 1. The lowest BCUT2D eigenvalue weighted by Crippen LogP contribution is -2.50. The Balaban J connectivity index is 1.14. The van der Waals surface area contributed by atoms with Gasteiger partial charge in [0.15, 0.2) is 0 Å². The molecule has 0 aromatic carbocycles. The predicted molar refractivity (Wildman–Crippen MR) is 156 cm³/mol. The van der Waals surface area contributed by atoms with Crippen molar-refractivity contribution in [3.8, 4) is 0 Å². The lowest BCUT2D eigenvalue weighted by Gasteiger charge is -2.58. The normalized spacial score (nSPS) is 40.0. The van der Waals surface area contributed by atoms with E-state index < -0.39 is 10.0 Å². The molecule has 5 rings (SSSR count). The number of rotatable bonds is 7. The van der Waals surface area contributed by atoms with Crippen LogP contribution in [0.15, 0.2) is 11.6 Å². The van der Waals surface area contributed by atoms with Crippen LogP contribution in [0.1, 0.15) is 97.8 Å². The zero-order valence-electron chi connectivity index (χ0n) is 25.2. The molecule has 0 unspecified atom stereocenters. The van der Waals surface area contributed by atoms with Crippen molar-refractivity contribution in [1.82, 2.24) is 9.21 Å². The number of aliphatic hydroxyl groups excluding tert-OH is 1. The number of carbonyl (C=O) groups is 1. The van der Waals surface area contributed by atoms with Crippen LogP contribution >= 0.6 is 0 Å². The van der Waals surface area contributed by atoms with Crippen molar-refractivity contribution in [3.05, 3.63) is 11.6 Å². The van der Waals surface area contributed by atoms with E-state index in [-0.39, 0.29) is 12.0 Å². The average Bonchev–Trinajstić information content (AvgIpc) is 3.24. The molecule has 5 aliphatic rings. The molecule has 1 aliphatic heterocycles. The average molecular weight is 563 g/mol. The van der Waals surface area contributed by atoms with E-state index in [2.05, 4.69) is 26.8 Å². The van der Waals surface area contributed by atoms with Crippen molar-refractivity contribution in [3.63, 3.8) is 0 Å². The van der Waals surface area contributed by atoms with Gasteiger partial charge < -0.3 is 10.0 Å².